The molecular formula is C14H21NOS. The Morgan fingerprint density at radius 3 is 2.94 bits per heavy atom. The zero-order valence-corrected chi connectivity index (χ0v) is 11.3. The Morgan fingerprint density at radius 2 is 2.29 bits per heavy atom. The molecule has 0 aliphatic heterocycles. The highest BCUT2D eigenvalue weighted by molar-refractivity contribution is 7.08. The fourth-order valence-corrected chi connectivity index (χ4v) is 4.23. The van der Waals surface area contributed by atoms with E-state index in [0.29, 0.717) is 17.6 Å². The molecule has 3 rings (SSSR count). The van der Waals surface area contributed by atoms with Crippen LogP contribution < -0.4 is 5.32 Å². The van der Waals surface area contributed by atoms with Crippen molar-refractivity contribution in [2.24, 2.45) is 5.41 Å². The van der Waals surface area contributed by atoms with Crippen molar-refractivity contribution in [2.45, 2.75) is 51.2 Å². The molecule has 17 heavy (non-hydrogen) atoms. The second-order valence-corrected chi connectivity index (χ2v) is 6.11. The number of ether oxygens (including phenoxy) is 1. The largest absolute Gasteiger partial charge is 0.381 e. The molecule has 2 fully saturated rings. The van der Waals surface area contributed by atoms with Gasteiger partial charge in [-0.2, -0.15) is 11.3 Å². The topological polar surface area (TPSA) is 21.3 Å². The van der Waals surface area contributed by atoms with E-state index in [-0.39, 0.29) is 0 Å². The summed E-state index contributed by atoms with van der Waals surface area (Å²) in [6.45, 7) is 2.97. The zero-order chi connectivity index (χ0) is 11.7. The Balaban J connectivity index is 1.69. The highest BCUT2D eigenvalue weighted by Gasteiger charge is 2.56. The van der Waals surface area contributed by atoms with Gasteiger partial charge in [0.1, 0.15) is 0 Å². The molecule has 1 aromatic rings. The quantitative estimate of drug-likeness (QED) is 0.876. The van der Waals surface area contributed by atoms with Crippen molar-refractivity contribution in [2.75, 3.05) is 11.9 Å². The van der Waals surface area contributed by atoms with Crippen molar-refractivity contribution in [1.29, 1.82) is 0 Å². The molecule has 94 valence electrons. The number of nitrogens with one attached hydrogen (secondary N) is 1. The molecule has 2 atom stereocenters. The fourth-order valence-electron chi connectivity index (χ4n) is 3.64. The third kappa shape index (κ3) is 1.89. The van der Waals surface area contributed by atoms with E-state index >= 15 is 0 Å². The Hall–Kier alpha value is -0.540. The van der Waals surface area contributed by atoms with Crippen LogP contribution in [0.15, 0.2) is 16.8 Å². The first-order valence-electron chi connectivity index (χ1n) is 6.75. The third-order valence-corrected chi connectivity index (χ3v) is 5.23. The van der Waals surface area contributed by atoms with Gasteiger partial charge in [-0.05, 0) is 37.6 Å². The number of hydrogen-bond acceptors (Lipinski definition) is 3. The minimum absolute atomic E-state index is 0.442. The molecule has 0 radical (unpaired) electrons. The molecule has 0 amide bonds. The summed E-state index contributed by atoms with van der Waals surface area (Å²) in [7, 11) is 0. The van der Waals surface area contributed by atoms with E-state index in [4.69, 9.17) is 4.74 Å². The van der Waals surface area contributed by atoms with Crippen molar-refractivity contribution in [3.8, 4) is 0 Å². The lowest BCUT2D eigenvalue weighted by atomic mass is 9.60. The SMILES string of the molecule is CCOC1CC(Nc2ccsc2)C12CCCC2. The lowest BCUT2D eigenvalue weighted by Crippen LogP contribution is -2.60. The van der Waals surface area contributed by atoms with Crippen molar-refractivity contribution in [3.63, 3.8) is 0 Å². The van der Waals surface area contributed by atoms with Crippen LogP contribution in [0.4, 0.5) is 5.69 Å². The van der Waals surface area contributed by atoms with Crippen LogP contribution in [0.25, 0.3) is 0 Å². The van der Waals surface area contributed by atoms with Gasteiger partial charge in [0.2, 0.25) is 0 Å². The van der Waals surface area contributed by atoms with E-state index in [2.05, 4.69) is 29.1 Å². The lowest BCUT2D eigenvalue weighted by molar-refractivity contribution is -0.114. The van der Waals surface area contributed by atoms with Crippen LogP contribution in [-0.4, -0.2) is 18.8 Å². The minimum Gasteiger partial charge on any atom is -0.381 e. The molecular weight excluding hydrogens is 230 g/mol. The van der Waals surface area contributed by atoms with Gasteiger partial charge in [-0.1, -0.05) is 12.8 Å². The molecule has 1 N–H and O–H groups in total. The van der Waals surface area contributed by atoms with Gasteiger partial charge in [0.25, 0.3) is 0 Å². The Bertz CT molecular complexity index is 356. The van der Waals surface area contributed by atoms with E-state index in [9.17, 15) is 0 Å². The summed E-state index contributed by atoms with van der Waals surface area (Å²) in [4.78, 5) is 0. The average Bonchev–Trinajstić information content (AvgIpc) is 3.00. The van der Waals surface area contributed by atoms with Crippen molar-refractivity contribution >= 4 is 17.0 Å². The Labute approximate surface area is 107 Å². The van der Waals surface area contributed by atoms with Gasteiger partial charge in [-0.3, -0.25) is 0 Å². The third-order valence-electron chi connectivity index (χ3n) is 4.55. The molecule has 2 saturated carbocycles. The van der Waals surface area contributed by atoms with E-state index in [0.717, 1.165) is 6.61 Å². The highest BCUT2D eigenvalue weighted by atomic mass is 32.1. The molecule has 0 bridgehead atoms. The maximum Gasteiger partial charge on any atom is 0.0670 e. The van der Waals surface area contributed by atoms with E-state index in [1.165, 1.54) is 37.8 Å². The Morgan fingerprint density at radius 1 is 1.47 bits per heavy atom. The summed E-state index contributed by atoms with van der Waals surface area (Å²) >= 11 is 1.76. The molecule has 0 aromatic carbocycles. The predicted molar refractivity (Wildman–Crippen MR) is 72.7 cm³/mol. The molecule has 2 aliphatic carbocycles. The number of hydrogen-bond donors (Lipinski definition) is 1. The van der Waals surface area contributed by atoms with Crippen LogP contribution in [0.1, 0.15) is 39.0 Å². The average molecular weight is 251 g/mol. The highest BCUT2D eigenvalue weighted by Crippen LogP contribution is 2.55. The summed E-state index contributed by atoms with van der Waals surface area (Å²) < 4.78 is 5.93. The zero-order valence-electron chi connectivity index (χ0n) is 10.4. The van der Waals surface area contributed by atoms with Gasteiger partial charge in [-0.15, -0.1) is 0 Å². The molecule has 3 heteroatoms. The van der Waals surface area contributed by atoms with Crippen LogP contribution in [0, 0.1) is 5.41 Å². The second-order valence-electron chi connectivity index (χ2n) is 5.33. The summed E-state index contributed by atoms with van der Waals surface area (Å²) in [5.41, 5.74) is 1.74. The normalized spacial score (nSPS) is 30.4. The fraction of sp³-hybridized carbons (Fsp3) is 0.714. The molecule has 1 spiro atoms. The van der Waals surface area contributed by atoms with Gasteiger partial charge < -0.3 is 10.1 Å². The summed E-state index contributed by atoms with van der Waals surface area (Å²) in [6, 6.07) is 2.82. The maximum atomic E-state index is 5.93. The first kappa shape index (κ1) is 11.5. The number of thiophene rings is 1. The van der Waals surface area contributed by atoms with Gasteiger partial charge in [0.15, 0.2) is 0 Å². The predicted octanol–water partition coefficient (Wildman–Crippen LogP) is 3.90. The summed E-state index contributed by atoms with van der Waals surface area (Å²) in [5, 5.41) is 8.06. The van der Waals surface area contributed by atoms with Crippen LogP contribution in [0.2, 0.25) is 0 Å². The molecule has 2 unspecified atom stereocenters. The Kier molecular flexibility index (Phi) is 3.14. The first-order chi connectivity index (χ1) is 8.35. The van der Waals surface area contributed by atoms with Crippen molar-refractivity contribution in [3.05, 3.63) is 16.8 Å². The first-order valence-corrected chi connectivity index (χ1v) is 7.70. The standard InChI is InChI=1S/C14H21NOS/c1-2-16-13-9-12(14(13)6-3-4-7-14)15-11-5-8-17-10-11/h5,8,10,12-13,15H,2-4,6-7,9H2,1H3. The molecule has 0 saturated heterocycles. The summed E-state index contributed by atoms with van der Waals surface area (Å²) in [5.74, 6) is 0. The van der Waals surface area contributed by atoms with Crippen LogP contribution in [0.5, 0.6) is 0 Å². The van der Waals surface area contributed by atoms with Gasteiger partial charge >= 0.3 is 0 Å². The van der Waals surface area contributed by atoms with Crippen LogP contribution >= 0.6 is 11.3 Å². The van der Waals surface area contributed by atoms with Crippen LogP contribution in [0.3, 0.4) is 0 Å². The molecule has 1 heterocycles. The van der Waals surface area contributed by atoms with Crippen LogP contribution in [-0.2, 0) is 4.74 Å². The van der Waals surface area contributed by atoms with E-state index < -0.39 is 0 Å². The molecule has 2 nitrogen and oxygen atoms in total. The monoisotopic (exact) mass is 251 g/mol. The minimum atomic E-state index is 0.442. The van der Waals surface area contributed by atoms with Gasteiger partial charge in [0, 0.05) is 29.1 Å². The van der Waals surface area contributed by atoms with E-state index in [1.54, 1.807) is 11.3 Å². The number of anilines is 1. The summed E-state index contributed by atoms with van der Waals surface area (Å²) in [6.07, 6.45) is 7.14. The molecule has 1 aromatic heterocycles. The number of rotatable bonds is 4. The lowest BCUT2D eigenvalue weighted by Gasteiger charge is -2.54. The molecule has 2 aliphatic rings. The smallest absolute Gasteiger partial charge is 0.0670 e. The maximum absolute atomic E-state index is 5.93. The van der Waals surface area contributed by atoms with Gasteiger partial charge in [0.05, 0.1) is 6.10 Å². The van der Waals surface area contributed by atoms with Crippen molar-refractivity contribution in [1.82, 2.24) is 0 Å². The second kappa shape index (κ2) is 4.62. The van der Waals surface area contributed by atoms with Gasteiger partial charge in [-0.25, -0.2) is 0 Å². The van der Waals surface area contributed by atoms with E-state index in [1.807, 2.05) is 0 Å². The van der Waals surface area contributed by atoms with Crippen molar-refractivity contribution < 1.29 is 4.74 Å².